The van der Waals surface area contributed by atoms with Crippen LogP contribution in [0.2, 0.25) is 0 Å². The number of benzene rings is 1. The van der Waals surface area contributed by atoms with Gasteiger partial charge in [-0.3, -0.25) is 9.59 Å². The molecule has 2 aromatic rings. The molecule has 2 aliphatic rings. The molecule has 1 aromatic carbocycles. The van der Waals surface area contributed by atoms with Crippen LogP contribution in [-0.2, 0) is 10.2 Å². The van der Waals surface area contributed by atoms with Crippen molar-refractivity contribution in [1.82, 2.24) is 20.2 Å². The topological polar surface area (TPSA) is 160 Å². The van der Waals surface area contributed by atoms with E-state index in [0.29, 0.717) is 18.1 Å². The molecule has 1 unspecified atom stereocenters. The summed E-state index contributed by atoms with van der Waals surface area (Å²) >= 11 is 0. The standard InChI is InChI=1S/C23H30N8O3/c1-30(2)22(34)28-16-4-3-11-31(13-16)17-12-26-18(19(24)32)20(29-17)27-15-7-5-14(6-8-15)23(9-10-23)21(25)33/h5-8,12,16H,3-4,9-11,13H2,1-2H3,(H2,24,32)(H2,25,33)(H,27,29)(H,28,34). The molecule has 0 spiro atoms. The van der Waals surface area contributed by atoms with Gasteiger partial charge in [-0.15, -0.1) is 0 Å². The predicted molar refractivity (Wildman–Crippen MR) is 128 cm³/mol. The monoisotopic (exact) mass is 466 g/mol. The summed E-state index contributed by atoms with van der Waals surface area (Å²) in [5.41, 5.74) is 12.1. The second kappa shape index (κ2) is 9.16. The van der Waals surface area contributed by atoms with Gasteiger partial charge in [0.1, 0.15) is 5.82 Å². The number of hydrogen-bond donors (Lipinski definition) is 4. The van der Waals surface area contributed by atoms with Crippen LogP contribution in [0.4, 0.5) is 22.1 Å². The maximum absolute atomic E-state index is 12.0. The molecule has 4 amide bonds. The van der Waals surface area contributed by atoms with Crippen molar-refractivity contribution >= 4 is 35.2 Å². The summed E-state index contributed by atoms with van der Waals surface area (Å²) in [4.78, 5) is 48.2. The first-order valence-corrected chi connectivity index (χ1v) is 11.3. The maximum atomic E-state index is 12.0. The molecule has 0 bridgehead atoms. The molecule has 0 radical (unpaired) electrons. The fraction of sp³-hybridized carbons (Fsp3) is 0.435. The molecule has 2 heterocycles. The van der Waals surface area contributed by atoms with Crippen LogP contribution in [0.25, 0.3) is 0 Å². The first-order valence-electron chi connectivity index (χ1n) is 11.3. The number of nitrogens with one attached hydrogen (secondary N) is 2. The van der Waals surface area contributed by atoms with Gasteiger partial charge in [0.2, 0.25) is 5.91 Å². The number of amides is 4. The lowest BCUT2D eigenvalue weighted by molar-refractivity contribution is -0.120. The summed E-state index contributed by atoms with van der Waals surface area (Å²) in [5.74, 6) is -0.185. The number of primary amides is 2. The van der Waals surface area contributed by atoms with Crippen LogP contribution >= 0.6 is 0 Å². The molecule has 4 rings (SSSR count). The number of hydrogen-bond acceptors (Lipinski definition) is 7. The van der Waals surface area contributed by atoms with Crippen LogP contribution in [0, 0.1) is 0 Å². The SMILES string of the molecule is CN(C)C(=O)NC1CCCN(c2cnc(C(N)=O)c(Nc3ccc(C4(C(N)=O)CC4)cc3)n2)C1. The van der Waals surface area contributed by atoms with Crippen LogP contribution < -0.4 is 27.0 Å². The Morgan fingerprint density at radius 1 is 1.15 bits per heavy atom. The Balaban J connectivity index is 1.53. The van der Waals surface area contributed by atoms with Crippen LogP contribution in [0.5, 0.6) is 0 Å². The van der Waals surface area contributed by atoms with Crippen LogP contribution in [0.3, 0.4) is 0 Å². The Bertz CT molecular complexity index is 1100. The third-order valence-electron chi connectivity index (χ3n) is 6.39. The van der Waals surface area contributed by atoms with Gasteiger partial charge in [-0.2, -0.15) is 0 Å². The van der Waals surface area contributed by atoms with Crippen molar-refractivity contribution in [2.45, 2.75) is 37.1 Å². The zero-order valence-electron chi connectivity index (χ0n) is 19.4. The van der Waals surface area contributed by atoms with Gasteiger partial charge in [0.15, 0.2) is 11.5 Å². The molecule has 1 aliphatic heterocycles. The minimum atomic E-state index is -0.696. The van der Waals surface area contributed by atoms with Gasteiger partial charge < -0.3 is 31.9 Å². The second-order valence-electron chi connectivity index (χ2n) is 9.07. The molecule has 1 atom stereocenters. The van der Waals surface area contributed by atoms with E-state index < -0.39 is 11.3 Å². The van der Waals surface area contributed by atoms with Gasteiger partial charge >= 0.3 is 6.03 Å². The van der Waals surface area contributed by atoms with Gasteiger partial charge in [-0.25, -0.2) is 14.8 Å². The Labute approximate surface area is 197 Å². The van der Waals surface area contributed by atoms with Crippen molar-refractivity contribution in [1.29, 1.82) is 0 Å². The zero-order chi connectivity index (χ0) is 24.5. The minimum absolute atomic E-state index is 0.0229. The summed E-state index contributed by atoms with van der Waals surface area (Å²) in [6.45, 7) is 1.33. The van der Waals surface area contributed by atoms with Crippen molar-refractivity contribution in [2.24, 2.45) is 11.5 Å². The predicted octanol–water partition coefficient (Wildman–Crippen LogP) is 1.08. The maximum Gasteiger partial charge on any atom is 0.317 e. The molecule has 1 aliphatic carbocycles. The molecule has 11 nitrogen and oxygen atoms in total. The number of piperidine rings is 1. The summed E-state index contributed by atoms with van der Waals surface area (Å²) in [7, 11) is 3.40. The summed E-state index contributed by atoms with van der Waals surface area (Å²) in [5, 5.41) is 6.13. The lowest BCUT2D eigenvalue weighted by Crippen LogP contribution is -2.50. The number of nitrogens with two attached hydrogens (primary N) is 2. The Morgan fingerprint density at radius 3 is 2.44 bits per heavy atom. The van der Waals surface area contributed by atoms with E-state index in [1.807, 2.05) is 29.2 Å². The number of rotatable bonds is 7. The minimum Gasteiger partial charge on any atom is -0.369 e. The van der Waals surface area contributed by atoms with E-state index in [2.05, 4.69) is 20.6 Å². The summed E-state index contributed by atoms with van der Waals surface area (Å²) < 4.78 is 0. The molecule has 1 aromatic heterocycles. The van der Waals surface area contributed by atoms with E-state index in [-0.39, 0.29) is 29.5 Å². The van der Waals surface area contributed by atoms with Crippen molar-refractivity contribution in [3.8, 4) is 0 Å². The quantitative estimate of drug-likeness (QED) is 0.475. The average Bonchev–Trinajstić information content (AvgIpc) is 3.62. The van der Waals surface area contributed by atoms with Crippen molar-refractivity contribution < 1.29 is 14.4 Å². The smallest absolute Gasteiger partial charge is 0.317 e. The highest BCUT2D eigenvalue weighted by Crippen LogP contribution is 2.48. The highest BCUT2D eigenvalue weighted by atomic mass is 16.2. The van der Waals surface area contributed by atoms with E-state index in [4.69, 9.17) is 11.5 Å². The second-order valence-corrected chi connectivity index (χ2v) is 9.07. The molecular formula is C23H30N8O3. The van der Waals surface area contributed by atoms with Crippen molar-refractivity contribution in [3.05, 3.63) is 41.7 Å². The van der Waals surface area contributed by atoms with Crippen molar-refractivity contribution in [3.63, 3.8) is 0 Å². The normalized spacial score (nSPS) is 18.6. The number of nitrogens with zero attached hydrogens (tertiary/aromatic N) is 4. The van der Waals surface area contributed by atoms with Gasteiger partial charge in [0.25, 0.3) is 5.91 Å². The number of urea groups is 1. The van der Waals surface area contributed by atoms with E-state index in [1.54, 1.807) is 14.1 Å². The van der Waals surface area contributed by atoms with Gasteiger partial charge in [-0.05, 0) is 43.4 Å². The number of anilines is 3. The van der Waals surface area contributed by atoms with Crippen molar-refractivity contribution in [2.75, 3.05) is 37.4 Å². The van der Waals surface area contributed by atoms with E-state index >= 15 is 0 Å². The molecular weight excluding hydrogens is 436 g/mol. The average molecular weight is 467 g/mol. The van der Waals surface area contributed by atoms with Crippen LogP contribution in [0.15, 0.2) is 30.5 Å². The Morgan fingerprint density at radius 2 is 1.85 bits per heavy atom. The molecule has 2 fully saturated rings. The van der Waals surface area contributed by atoms with E-state index in [0.717, 1.165) is 37.8 Å². The summed E-state index contributed by atoms with van der Waals surface area (Å²) in [6.07, 6.45) is 4.77. The highest BCUT2D eigenvalue weighted by Gasteiger charge is 2.49. The van der Waals surface area contributed by atoms with Crippen LogP contribution in [-0.4, -0.2) is 65.9 Å². The molecule has 6 N–H and O–H groups in total. The Hall–Kier alpha value is -3.89. The largest absolute Gasteiger partial charge is 0.369 e. The first kappa shape index (κ1) is 23.3. The molecule has 11 heteroatoms. The lowest BCUT2D eigenvalue weighted by atomic mass is 9.95. The lowest BCUT2D eigenvalue weighted by Gasteiger charge is -2.34. The molecule has 34 heavy (non-hydrogen) atoms. The fourth-order valence-corrected chi connectivity index (χ4v) is 4.22. The van der Waals surface area contributed by atoms with Gasteiger partial charge in [-0.1, -0.05) is 12.1 Å². The number of aromatic nitrogens is 2. The molecule has 1 saturated carbocycles. The zero-order valence-corrected chi connectivity index (χ0v) is 19.4. The van der Waals surface area contributed by atoms with E-state index in [1.165, 1.54) is 11.1 Å². The number of carbonyl (C=O) groups is 3. The van der Waals surface area contributed by atoms with Gasteiger partial charge in [0, 0.05) is 38.9 Å². The molecule has 1 saturated heterocycles. The third kappa shape index (κ3) is 4.73. The Kier molecular flexibility index (Phi) is 6.27. The summed E-state index contributed by atoms with van der Waals surface area (Å²) in [6, 6.07) is 7.16. The highest BCUT2D eigenvalue weighted by molar-refractivity contribution is 5.96. The fourth-order valence-electron chi connectivity index (χ4n) is 4.22. The van der Waals surface area contributed by atoms with Crippen LogP contribution in [0.1, 0.15) is 41.7 Å². The first-order chi connectivity index (χ1) is 16.2. The number of carbonyl (C=O) groups excluding carboxylic acids is 3. The van der Waals surface area contributed by atoms with E-state index in [9.17, 15) is 14.4 Å². The van der Waals surface area contributed by atoms with Gasteiger partial charge in [0.05, 0.1) is 11.6 Å². The molecule has 180 valence electrons. The third-order valence-corrected chi connectivity index (χ3v) is 6.39.